The molecule has 0 aromatic carbocycles. The molecule has 14 nitrogen and oxygen atoms in total. The summed E-state index contributed by atoms with van der Waals surface area (Å²) in [6.45, 7) is 2.68. The van der Waals surface area contributed by atoms with E-state index in [0.717, 1.165) is 103 Å². The molecule has 2 saturated heterocycles. The van der Waals surface area contributed by atoms with Crippen molar-refractivity contribution in [2.24, 2.45) is 0 Å². The van der Waals surface area contributed by atoms with Gasteiger partial charge >= 0.3 is 0 Å². The average Bonchev–Trinajstić information content (AvgIpc) is 0.797. The largest absolute Gasteiger partial charge is 0.394 e. The predicted octanol–water partition coefficient (Wildman–Crippen LogP) is 17.2. The molecule has 2 rings (SSSR count). The van der Waals surface area contributed by atoms with Crippen LogP contribution in [0, 0.1) is 0 Å². The SMILES string of the molecule is CC/C=C\C/C=C\C/C=C\C/C=C\C/C=C\C/C=C\C/C=C\CCCCCCCCCCCC(=O)NC(COC1OC(CO)C(OC2OC(CO)C(O)C(O)C2O)C(O)C1O)C(O)/C=C/CC/C=C/CC/C=C/CCCCCCCCCCCCCCCCCCCCCCC. The van der Waals surface area contributed by atoms with Crippen LogP contribution in [0.15, 0.2) is 122 Å². The molecule has 12 unspecified atom stereocenters. The van der Waals surface area contributed by atoms with E-state index in [1.807, 2.05) is 6.08 Å². The number of aliphatic hydroxyl groups excluding tert-OH is 8. The van der Waals surface area contributed by atoms with Gasteiger partial charge in [-0.2, -0.15) is 0 Å². The summed E-state index contributed by atoms with van der Waals surface area (Å²) in [4.78, 5) is 13.4. The fourth-order valence-electron chi connectivity index (χ4n) is 12.0. The number of hydrogen-bond donors (Lipinski definition) is 9. The predicted molar refractivity (Wildman–Crippen MR) is 396 cm³/mol. The number of unbranched alkanes of at least 4 members (excludes halogenated alkanes) is 32. The first kappa shape index (κ1) is 88.5. The molecule has 14 heteroatoms. The highest BCUT2D eigenvalue weighted by molar-refractivity contribution is 5.76. The van der Waals surface area contributed by atoms with Gasteiger partial charge in [0.05, 0.1) is 32.0 Å². The van der Waals surface area contributed by atoms with Gasteiger partial charge in [0.1, 0.15) is 48.8 Å². The number of hydrogen-bond acceptors (Lipinski definition) is 13. The Kier molecular flexibility index (Phi) is 59.7. The van der Waals surface area contributed by atoms with Gasteiger partial charge in [-0.15, -0.1) is 0 Å². The summed E-state index contributed by atoms with van der Waals surface area (Å²) in [5, 5.41) is 87.6. The molecule has 2 aliphatic rings. The summed E-state index contributed by atoms with van der Waals surface area (Å²) in [7, 11) is 0. The highest BCUT2D eigenvalue weighted by atomic mass is 16.7. The Hall–Kier alpha value is -3.61. The third kappa shape index (κ3) is 47.4. The molecule has 0 bridgehead atoms. The van der Waals surface area contributed by atoms with Crippen molar-refractivity contribution in [1.82, 2.24) is 5.32 Å². The van der Waals surface area contributed by atoms with E-state index < -0.39 is 86.8 Å². The zero-order valence-electron chi connectivity index (χ0n) is 60.3. The molecule has 96 heavy (non-hydrogen) atoms. The minimum Gasteiger partial charge on any atom is -0.394 e. The number of allylic oxidation sites excluding steroid dienone is 19. The second-order valence-corrected chi connectivity index (χ2v) is 26.7. The number of carbonyl (C=O) groups is 1. The van der Waals surface area contributed by atoms with Crippen LogP contribution in [0.3, 0.4) is 0 Å². The second kappa shape index (κ2) is 64.7. The second-order valence-electron chi connectivity index (χ2n) is 26.7. The van der Waals surface area contributed by atoms with Crippen LogP contribution in [0.2, 0.25) is 0 Å². The van der Waals surface area contributed by atoms with Gasteiger partial charge in [0.2, 0.25) is 5.91 Å². The van der Waals surface area contributed by atoms with Crippen molar-refractivity contribution in [3.63, 3.8) is 0 Å². The molecule has 2 heterocycles. The minimum atomic E-state index is -1.80. The van der Waals surface area contributed by atoms with E-state index in [0.29, 0.717) is 12.8 Å². The van der Waals surface area contributed by atoms with Crippen LogP contribution in [0.4, 0.5) is 0 Å². The molecule has 12 atom stereocenters. The van der Waals surface area contributed by atoms with E-state index >= 15 is 0 Å². The molecule has 0 saturated carbocycles. The molecular formula is C82H141NO13. The lowest BCUT2D eigenvalue weighted by atomic mass is 9.97. The summed E-state index contributed by atoms with van der Waals surface area (Å²) in [5.74, 6) is -0.262. The Balaban J connectivity index is 1.68. The van der Waals surface area contributed by atoms with Gasteiger partial charge in [-0.3, -0.25) is 4.79 Å². The van der Waals surface area contributed by atoms with E-state index in [2.05, 4.69) is 129 Å². The van der Waals surface area contributed by atoms with Crippen LogP contribution < -0.4 is 5.32 Å². The van der Waals surface area contributed by atoms with Crippen molar-refractivity contribution in [2.75, 3.05) is 19.8 Å². The maximum Gasteiger partial charge on any atom is 0.220 e. The normalized spacial score (nSPS) is 22.9. The molecule has 1 amide bonds. The van der Waals surface area contributed by atoms with Gasteiger partial charge in [-0.1, -0.05) is 309 Å². The van der Waals surface area contributed by atoms with Crippen LogP contribution >= 0.6 is 0 Å². The van der Waals surface area contributed by atoms with E-state index in [-0.39, 0.29) is 18.9 Å². The number of ether oxygens (including phenoxy) is 4. The molecule has 0 spiro atoms. The number of nitrogens with one attached hydrogen (secondary N) is 1. The standard InChI is InChI=1S/C82H141NO13/c1-3-5-7-9-11-13-15-17-19-21-23-25-27-29-31-33-35-37-39-41-43-45-47-49-51-53-55-57-59-61-63-65-71(86)70(69-93-81-79(92)77(90)80(73(68-85)95-81)96-82-78(91)76(89)75(88)72(67-84)94-82)83-74(87)66-64-62-60-58-56-54-52-50-48-46-44-42-40-38-36-34-32-30-28-26-24-22-20-18-16-14-12-10-8-6-4-2/h6,8,12,14,18,20,24,26,30,32,36,38,42,44,47,49,55,57,63,65,70-73,75-82,84-86,88-92H,3-5,7,9-11,13,15-17,19,21-23,25,27-29,31,33-35,37,39-41,43,45-46,48,50-54,56,58-62,64,66-69H2,1-2H3,(H,83,87)/b8-6-,14-12-,20-18-,26-24-,32-30-,38-36-,44-42-,49-47+,57-55+,65-63+. The summed E-state index contributed by atoms with van der Waals surface area (Å²) < 4.78 is 22.9. The van der Waals surface area contributed by atoms with Crippen LogP contribution in [0.5, 0.6) is 0 Å². The average molecular weight is 1350 g/mol. The molecule has 2 fully saturated rings. The first-order valence-corrected chi connectivity index (χ1v) is 38.8. The lowest BCUT2D eigenvalue weighted by Gasteiger charge is -2.46. The van der Waals surface area contributed by atoms with E-state index in [1.165, 1.54) is 161 Å². The monoisotopic (exact) mass is 1350 g/mol. The van der Waals surface area contributed by atoms with Gasteiger partial charge < -0.3 is 65.1 Å². The molecule has 2 aliphatic heterocycles. The zero-order valence-corrected chi connectivity index (χ0v) is 60.3. The first-order valence-electron chi connectivity index (χ1n) is 38.8. The maximum atomic E-state index is 13.4. The van der Waals surface area contributed by atoms with Crippen molar-refractivity contribution < 1.29 is 64.6 Å². The fourth-order valence-corrected chi connectivity index (χ4v) is 12.0. The van der Waals surface area contributed by atoms with Gasteiger partial charge in [0, 0.05) is 6.42 Å². The summed E-state index contributed by atoms with van der Waals surface area (Å²) >= 11 is 0. The number of amides is 1. The lowest BCUT2D eigenvalue weighted by molar-refractivity contribution is -0.359. The Morgan fingerprint density at radius 3 is 1.15 bits per heavy atom. The highest BCUT2D eigenvalue weighted by Gasteiger charge is 2.51. The summed E-state index contributed by atoms with van der Waals surface area (Å²) in [6.07, 6.45) is 78.4. The Morgan fingerprint density at radius 2 is 0.729 bits per heavy atom. The van der Waals surface area contributed by atoms with Crippen LogP contribution in [0.25, 0.3) is 0 Å². The molecule has 0 radical (unpaired) electrons. The summed E-state index contributed by atoms with van der Waals surface area (Å²) in [6, 6.07) is -0.953. The molecule has 552 valence electrons. The fraction of sp³-hybridized carbons (Fsp3) is 0.744. The lowest BCUT2D eigenvalue weighted by Crippen LogP contribution is -2.65. The Labute approximate surface area is 584 Å². The summed E-state index contributed by atoms with van der Waals surface area (Å²) in [5.41, 5.74) is 0. The number of carbonyl (C=O) groups excluding carboxylic acids is 1. The van der Waals surface area contributed by atoms with Crippen molar-refractivity contribution in [2.45, 2.75) is 370 Å². The number of rotatable bonds is 63. The first-order chi connectivity index (χ1) is 47.1. The van der Waals surface area contributed by atoms with Crippen LogP contribution in [-0.4, -0.2) is 140 Å². The molecule has 0 aliphatic carbocycles. The maximum absolute atomic E-state index is 13.4. The highest BCUT2D eigenvalue weighted by Crippen LogP contribution is 2.30. The van der Waals surface area contributed by atoms with Crippen LogP contribution in [-0.2, 0) is 23.7 Å². The van der Waals surface area contributed by atoms with E-state index in [9.17, 15) is 45.6 Å². The van der Waals surface area contributed by atoms with Gasteiger partial charge in [-0.05, 0) is 103 Å². The Morgan fingerprint density at radius 1 is 0.385 bits per heavy atom. The van der Waals surface area contributed by atoms with Gasteiger partial charge in [0.15, 0.2) is 12.6 Å². The third-order valence-corrected chi connectivity index (χ3v) is 18.1. The smallest absolute Gasteiger partial charge is 0.220 e. The van der Waals surface area contributed by atoms with Crippen molar-refractivity contribution in [3.8, 4) is 0 Å². The van der Waals surface area contributed by atoms with Crippen LogP contribution in [0.1, 0.15) is 296 Å². The molecule has 0 aromatic rings. The minimum absolute atomic E-state index is 0.255. The molecule has 9 N–H and O–H groups in total. The Bertz CT molecular complexity index is 2080. The number of aliphatic hydroxyl groups is 8. The van der Waals surface area contributed by atoms with Gasteiger partial charge in [-0.25, -0.2) is 0 Å². The van der Waals surface area contributed by atoms with Crippen molar-refractivity contribution >= 4 is 5.91 Å². The van der Waals surface area contributed by atoms with Crippen molar-refractivity contribution in [3.05, 3.63) is 122 Å². The van der Waals surface area contributed by atoms with Gasteiger partial charge in [0.25, 0.3) is 0 Å². The quantitative estimate of drug-likeness (QED) is 0.0204. The molecular weight excluding hydrogens is 1210 g/mol. The van der Waals surface area contributed by atoms with E-state index in [1.54, 1.807) is 6.08 Å². The zero-order chi connectivity index (χ0) is 69.4. The van der Waals surface area contributed by atoms with Crippen molar-refractivity contribution in [1.29, 1.82) is 0 Å². The third-order valence-electron chi connectivity index (χ3n) is 18.1. The molecule has 0 aromatic heterocycles. The van der Waals surface area contributed by atoms with E-state index in [4.69, 9.17) is 18.9 Å². The topological polar surface area (TPSA) is 228 Å².